The zero-order chi connectivity index (χ0) is 50.0. The van der Waals surface area contributed by atoms with Crippen molar-refractivity contribution in [3.63, 3.8) is 0 Å². The molecule has 4 N–H and O–H groups in total. The number of carbonyl (C=O) groups is 3. The molecule has 0 radical (unpaired) electrons. The van der Waals surface area contributed by atoms with Crippen LogP contribution in [0.15, 0.2) is 24.3 Å². The van der Waals surface area contributed by atoms with Crippen LogP contribution in [0.2, 0.25) is 0 Å². The number of unbranched alkanes of at least 4 members (excludes halogenated alkanes) is 24. The highest BCUT2D eigenvalue weighted by Gasteiger charge is 2.23. The van der Waals surface area contributed by atoms with Crippen molar-refractivity contribution in [2.45, 2.75) is 279 Å². The van der Waals surface area contributed by atoms with Crippen LogP contribution in [0.25, 0.3) is 0 Å². The predicted molar refractivity (Wildman–Crippen MR) is 285 cm³/mol. The van der Waals surface area contributed by atoms with Crippen LogP contribution in [0, 0.1) is 5.41 Å². The van der Waals surface area contributed by atoms with Gasteiger partial charge in [-0.15, -0.1) is 0 Å². The number of nitrogens with zero attached hydrogens (tertiary/aromatic N) is 2. The highest BCUT2D eigenvalue weighted by molar-refractivity contribution is 5.79. The third-order valence-corrected chi connectivity index (χ3v) is 11.7. The van der Waals surface area contributed by atoms with Gasteiger partial charge < -0.3 is 35.2 Å². The summed E-state index contributed by atoms with van der Waals surface area (Å²) < 4.78 is 10.9. The van der Waals surface area contributed by atoms with Crippen LogP contribution >= 0.6 is 0 Å². The van der Waals surface area contributed by atoms with E-state index in [1.54, 1.807) is 4.90 Å². The van der Waals surface area contributed by atoms with E-state index in [-0.39, 0.29) is 36.9 Å². The van der Waals surface area contributed by atoms with Gasteiger partial charge in [0.2, 0.25) is 5.91 Å². The molecule has 0 heterocycles. The summed E-state index contributed by atoms with van der Waals surface area (Å²) in [5.41, 5.74) is -1.26. The minimum Gasteiger partial charge on any atom is -0.444 e. The van der Waals surface area contributed by atoms with Gasteiger partial charge in [0.1, 0.15) is 11.2 Å². The van der Waals surface area contributed by atoms with Crippen molar-refractivity contribution in [3.8, 4) is 0 Å². The van der Waals surface area contributed by atoms with Crippen molar-refractivity contribution < 1.29 is 23.9 Å². The molecule has 0 aromatic heterocycles. The summed E-state index contributed by atoms with van der Waals surface area (Å²) in [6.45, 7) is 21.6. The molecule has 2 atom stereocenters. The van der Waals surface area contributed by atoms with E-state index >= 15 is 0 Å². The number of hydrogen-bond acceptors (Lipinski definition) is 6. The van der Waals surface area contributed by atoms with E-state index in [9.17, 15) is 14.4 Å². The van der Waals surface area contributed by atoms with Crippen LogP contribution in [0.3, 0.4) is 0 Å². The number of guanidine groups is 1. The molecule has 0 aromatic rings. The van der Waals surface area contributed by atoms with Crippen molar-refractivity contribution in [3.05, 3.63) is 24.3 Å². The van der Waals surface area contributed by atoms with Gasteiger partial charge >= 0.3 is 12.2 Å². The van der Waals surface area contributed by atoms with E-state index in [1.807, 2.05) is 55.4 Å². The summed E-state index contributed by atoms with van der Waals surface area (Å²) in [5.74, 6) is 0.225. The summed E-state index contributed by atoms with van der Waals surface area (Å²) in [6.07, 6.45) is 43.9. The molecule has 0 aliphatic heterocycles. The third kappa shape index (κ3) is 43.8. The number of nitrogens with one attached hydrogen (secondary N) is 4. The largest absolute Gasteiger partial charge is 0.444 e. The molecule has 0 saturated heterocycles. The Morgan fingerprint density at radius 2 is 0.836 bits per heavy atom. The second-order valence-electron chi connectivity index (χ2n) is 21.3. The lowest BCUT2D eigenvalue weighted by atomic mass is 10.1. The summed E-state index contributed by atoms with van der Waals surface area (Å²) in [5, 5.41) is 17.8. The van der Waals surface area contributed by atoms with E-state index in [1.165, 1.54) is 154 Å². The molecule has 0 saturated carbocycles. The molecule has 2 unspecified atom stereocenters. The van der Waals surface area contributed by atoms with Crippen molar-refractivity contribution in [1.82, 2.24) is 25.8 Å². The molecule has 0 fully saturated rings. The highest BCUT2D eigenvalue weighted by atomic mass is 16.6. The molecule has 0 aliphatic rings. The number of alkyl carbamates (subject to hydrolysis) is 2. The molecule has 0 aliphatic carbocycles. The lowest BCUT2D eigenvalue weighted by molar-refractivity contribution is -0.131. The van der Waals surface area contributed by atoms with E-state index < -0.39 is 23.4 Å². The highest BCUT2D eigenvalue weighted by Crippen LogP contribution is 2.15. The van der Waals surface area contributed by atoms with Gasteiger partial charge in [-0.05, 0) is 120 Å². The first-order valence-corrected chi connectivity index (χ1v) is 27.6. The predicted octanol–water partition coefficient (Wildman–Crippen LogP) is 14.9. The zero-order valence-corrected chi connectivity index (χ0v) is 45.4. The summed E-state index contributed by atoms with van der Waals surface area (Å²) in [7, 11) is 0. The normalized spacial score (nSPS) is 12.9. The van der Waals surface area contributed by atoms with Gasteiger partial charge in [-0.2, -0.15) is 0 Å². The average molecular weight is 946 g/mol. The summed E-state index contributed by atoms with van der Waals surface area (Å²) >= 11 is 0. The second kappa shape index (κ2) is 41.7. The molecule has 0 spiro atoms. The summed E-state index contributed by atoms with van der Waals surface area (Å²) in [6, 6.07) is -0.678. The maximum atomic E-state index is 14.0. The first kappa shape index (κ1) is 63.8. The van der Waals surface area contributed by atoms with E-state index in [0.29, 0.717) is 13.1 Å². The lowest BCUT2D eigenvalue weighted by Crippen LogP contribution is -2.52. The smallest absolute Gasteiger partial charge is 0.407 e. The molecule has 0 aromatic carbocycles. The van der Waals surface area contributed by atoms with Gasteiger partial charge in [-0.1, -0.05) is 154 Å². The minimum absolute atomic E-state index is 0.103. The van der Waals surface area contributed by atoms with Gasteiger partial charge in [0.05, 0.1) is 0 Å². The second-order valence-corrected chi connectivity index (χ2v) is 21.3. The van der Waals surface area contributed by atoms with Crippen LogP contribution in [0.5, 0.6) is 0 Å². The molecule has 11 heteroatoms. The monoisotopic (exact) mass is 945 g/mol. The Kier molecular flexibility index (Phi) is 39.7. The van der Waals surface area contributed by atoms with E-state index in [4.69, 9.17) is 14.9 Å². The van der Waals surface area contributed by atoms with Gasteiger partial charge in [-0.25, -0.2) is 9.59 Å². The molecule has 0 rings (SSSR count). The van der Waals surface area contributed by atoms with E-state index in [2.05, 4.69) is 59.0 Å². The lowest BCUT2D eigenvalue weighted by Gasteiger charge is -2.31. The Balaban J connectivity index is 5.29. The Morgan fingerprint density at radius 1 is 0.493 bits per heavy atom. The van der Waals surface area contributed by atoms with Crippen LogP contribution in [-0.2, 0) is 14.3 Å². The van der Waals surface area contributed by atoms with Gasteiger partial charge in [-0.3, -0.25) is 10.2 Å². The maximum absolute atomic E-state index is 14.0. The van der Waals surface area contributed by atoms with Crippen LogP contribution < -0.4 is 16.0 Å². The fraction of sp³-hybridized carbons (Fsp3) is 0.857. The number of amides is 3. The number of hydrogen-bond donors (Lipinski definition) is 4. The van der Waals surface area contributed by atoms with Gasteiger partial charge in [0, 0.05) is 51.2 Å². The molecular weight excluding hydrogens is 837 g/mol. The van der Waals surface area contributed by atoms with Crippen LogP contribution in [0.4, 0.5) is 9.59 Å². The number of carbonyl (C=O) groups excluding carboxylic acids is 3. The molecule has 392 valence electrons. The third-order valence-electron chi connectivity index (χ3n) is 11.7. The molecule has 0 bridgehead atoms. The maximum Gasteiger partial charge on any atom is 0.407 e. The number of ether oxygens (including phenoxy) is 2. The summed E-state index contributed by atoms with van der Waals surface area (Å²) in [4.78, 5) is 42.9. The topological polar surface area (TPSA) is 136 Å². The standard InChI is InChI=1S/C56H108N6O5/c1-11-13-15-17-19-21-23-25-27-29-31-33-35-37-39-41-44-61(45-42-40-38-36-34-32-30-28-26-24-22-20-18-16-14-12-2)51(63)43-46-62(48-50(4)60-54(65)67-56(8,9)10)52(57)58-47-49(3)59-53(64)66-55(5,6)7/h25-28,49-50H,11-24,29-48H2,1-10H3,(H2,57,58)(H,59,64)(H,60,65). The van der Waals surface area contributed by atoms with Crippen molar-refractivity contribution in [2.75, 3.05) is 32.7 Å². The fourth-order valence-electron chi connectivity index (χ4n) is 7.95. The van der Waals surface area contributed by atoms with Crippen molar-refractivity contribution >= 4 is 24.1 Å². The van der Waals surface area contributed by atoms with Crippen LogP contribution in [0.1, 0.15) is 255 Å². The Labute approximate surface area is 413 Å². The number of rotatable bonds is 41. The number of allylic oxidation sites excluding steroid dienone is 4. The zero-order valence-electron chi connectivity index (χ0n) is 45.4. The first-order chi connectivity index (χ1) is 32.0. The Morgan fingerprint density at radius 3 is 1.21 bits per heavy atom. The van der Waals surface area contributed by atoms with Crippen molar-refractivity contribution in [2.24, 2.45) is 0 Å². The Bertz CT molecular complexity index is 1250. The van der Waals surface area contributed by atoms with Crippen LogP contribution in [-0.4, -0.2) is 89.9 Å². The molecule has 67 heavy (non-hydrogen) atoms. The molecule has 3 amide bonds. The van der Waals surface area contributed by atoms with Gasteiger partial charge in [0.25, 0.3) is 0 Å². The fourth-order valence-corrected chi connectivity index (χ4v) is 7.95. The quantitative estimate of drug-likeness (QED) is 0.0207. The minimum atomic E-state index is -0.640. The average Bonchev–Trinajstić information content (AvgIpc) is 3.24. The first-order valence-electron chi connectivity index (χ1n) is 27.6. The SMILES string of the molecule is CCCCCCCCC=CCCCCCCCCN(CCCCCCCCC=CCCCCCCCC)C(=O)CCN(CC(C)NC(=O)OC(C)(C)C)C(=N)NCC(C)NC(=O)OC(C)(C)C. The molecular formula is C56H108N6O5. The van der Waals surface area contributed by atoms with Crippen molar-refractivity contribution in [1.29, 1.82) is 5.41 Å². The Hall–Kier alpha value is -3.24. The van der Waals surface area contributed by atoms with Gasteiger partial charge in [0.15, 0.2) is 5.96 Å². The van der Waals surface area contributed by atoms with E-state index in [0.717, 1.165) is 38.8 Å². The molecule has 11 nitrogen and oxygen atoms in total.